The number of hydrogen-bond acceptors (Lipinski definition) is 3. The molecule has 98 valence electrons. The standard InChI is InChI=1S/C6H14NO4P.C4H10/c1-3-7(4-2)6(8)5-11-12(9)10;1-3-4-2/h12H,3-5H2,1-2H3,(H,9,10);3-4H2,1-2H3. The molecule has 6 heteroatoms. The van der Waals surface area contributed by atoms with Crippen LogP contribution >= 0.6 is 8.25 Å². The van der Waals surface area contributed by atoms with E-state index in [0.29, 0.717) is 13.1 Å². The molecule has 0 aliphatic carbocycles. The highest BCUT2D eigenvalue weighted by atomic mass is 31.1. The Morgan fingerprint density at radius 3 is 1.88 bits per heavy atom. The molecule has 0 fully saturated rings. The van der Waals surface area contributed by atoms with E-state index in [9.17, 15) is 9.36 Å². The van der Waals surface area contributed by atoms with Crippen LogP contribution in [0.1, 0.15) is 40.5 Å². The molecule has 0 aromatic rings. The lowest BCUT2D eigenvalue weighted by molar-refractivity contribution is -0.133. The van der Waals surface area contributed by atoms with Crippen LogP contribution in [0.25, 0.3) is 0 Å². The summed E-state index contributed by atoms with van der Waals surface area (Å²) in [6.07, 6.45) is 2.64. The maximum atomic E-state index is 11.1. The maximum absolute atomic E-state index is 11.1. The molecule has 0 heterocycles. The van der Waals surface area contributed by atoms with E-state index in [-0.39, 0.29) is 12.5 Å². The molecule has 1 N–H and O–H groups in total. The van der Waals surface area contributed by atoms with Crippen LogP contribution in [0.2, 0.25) is 0 Å². The van der Waals surface area contributed by atoms with Gasteiger partial charge in [0.1, 0.15) is 6.61 Å². The van der Waals surface area contributed by atoms with Crippen LogP contribution in [-0.4, -0.2) is 35.4 Å². The number of likely N-dealkylation sites (N-methyl/N-ethyl adjacent to an activating group) is 1. The van der Waals surface area contributed by atoms with Gasteiger partial charge in [-0.3, -0.25) is 9.36 Å². The molecule has 0 aliphatic heterocycles. The van der Waals surface area contributed by atoms with E-state index in [1.165, 1.54) is 17.7 Å². The summed E-state index contributed by atoms with van der Waals surface area (Å²) in [4.78, 5) is 20.9. The molecular weight excluding hydrogens is 229 g/mol. The van der Waals surface area contributed by atoms with Gasteiger partial charge >= 0.3 is 8.25 Å². The molecule has 0 saturated heterocycles. The smallest absolute Gasteiger partial charge is 0.317 e. The highest BCUT2D eigenvalue weighted by molar-refractivity contribution is 7.32. The predicted molar refractivity (Wildman–Crippen MR) is 65.7 cm³/mol. The van der Waals surface area contributed by atoms with E-state index >= 15 is 0 Å². The minimum Gasteiger partial charge on any atom is -0.341 e. The second kappa shape index (κ2) is 12.7. The Bertz CT molecular complexity index is 193. The van der Waals surface area contributed by atoms with Crippen molar-refractivity contribution in [1.29, 1.82) is 0 Å². The first-order valence-corrected chi connectivity index (χ1v) is 6.93. The fourth-order valence-electron chi connectivity index (χ4n) is 0.791. The Balaban J connectivity index is 0. The van der Waals surface area contributed by atoms with E-state index in [4.69, 9.17) is 4.89 Å². The monoisotopic (exact) mass is 253 g/mol. The Kier molecular flexibility index (Phi) is 14.3. The summed E-state index contributed by atoms with van der Waals surface area (Å²) in [6, 6.07) is 0. The van der Waals surface area contributed by atoms with Crippen LogP contribution in [-0.2, 0) is 13.9 Å². The van der Waals surface area contributed by atoms with E-state index in [0.717, 1.165) is 0 Å². The van der Waals surface area contributed by atoms with Gasteiger partial charge in [0.15, 0.2) is 0 Å². The first-order valence-electron chi connectivity index (χ1n) is 5.66. The third-order valence-corrected chi connectivity index (χ3v) is 2.33. The van der Waals surface area contributed by atoms with E-state index in [2.05, 4.69) is 18.4 Å². The summed E-state index contributed by atoms with van der Waals surface area (Å²) in [6.45, 7) is 8.90. The first-order chi connectivity index (χ1) is 7.53. The van der Waals surface area contributed by atoms with Gasteiger partial charge in [0.2, 0.25) is 5.91 Å². The molecule has 5 nitrogen and oxygen atoms in total. The van der Waals surface area contributed by atoms with Crippen LogP contribution in [0.5, 0.6) is 0 Å². The number of nitrogens with zero attached hydrogens (tertiary/aromatic N) is 1. The van der Waals surface area contributed by atoms with Crippen molar-refractivity contribution in [1.82, 2.24) is 4.90 Å². The zero-order valence-corrected chi connectivity index (χ0v) is 11.7. The molecule has 0 aromatic heterocycles. The average Bonchev–Trinajstić information content (AvgIpc) is 2.28. The summed E-state index contributed by atoms with van der Waals surface area (Å²) in [7, 11) is -2.98. The topological polar surface area (TPSA) is 66.8 Å². The quantitative estimate of drug-likeness (QED) is 0.736. The zero-order chi connectivity index (χ0) is 13.0. The fraction of sp³-hybridized carbons (Fsp3) is 0.900. The van der Waals surface area contributed by atoms with Crippen molar-refractivity contribution in [2.75, 3.05) is 19.7 Å². The summed E-state index contributed by atoms with van der Waals surface area (Å²) in [5.41, 5.74) is 0. The van der Waals surface area contributed by atoms with E-state index in [1.54, 1.807) is 0 Å². The molecule has 0 aromatic carbocycles. The minimum atomic E-state index is -2.98. The number of hydrogen-bond donors (Lipinski definition) is 1. The van der Waals surface area contributed by atoms with Crippen molar-refractivity contribution in [3.63, 3.8) is 0 Å². The third-order valence-electron chi connectivity index (χ3n) is 1.94. The van der Waals surface area contributed by atoms with Crippen molar-refractivity contribution in [2.45, 2.75) is 40.5 Å². The lowest BCUT2D eigenvalue weighted by Crippen LogP contribution is -2.32. The fourth-order valence-corrected chi connectivity index (χ4v) is 1.04. The van der Waals surface area contributed by atoms with Gasteiger partial charge in [0.25, 0.3) is 0 Å². The Hall–Kier alpha value is -0.380. The minimum absolute atomic E-state index is 0.257. The average molecular weight is 253 g/mol. The first kappa shape index (κ1) is 18.0. The summed E-state index contributed by atoms with van der Waals surface area (Å²) in [5, 5.41) is 0. The van der Waals surface area contributed by atoms with Crippen LogP contribution in [0.15, 0.2) is 0 Å². The Morgan fingerprint density at radius 2 is 1.62 bits per heavy atom. The van der Waals surface area contributed by atoms with Gasteiger partial charge in [-0.15, -0.1) is 0 Å². The molecule has 0 aliphatic rings. The molecule has 1 unspecified atom stereocenters. The molecule has 0 bridgehead atoms. The maximum Gasteiger partial charge on any atom is 0.317 e. The van der Waals surface area contributed by atoms with Crippen molar-refractivity contribution < 1.29 is 18.8 Å². The van der Waals surface area contributed by atoms with E-state index in [1.807, 2.05) is 13.8 Å². The van der Waals surface area contributed by atoms with Gasteiger partial charge in [0, 0.05) is 13.1 Å². The van der Waals surface area contributed by atoms with Crippen LogP contribution in [0.4, 0.5) is 0 Å². The van der Waals surface area contributed by atoms with Crippen LogP contribution < -0.4 is 0 Å². The second-order valence-corrected chi connectivity index (χ2v) is 3.94. The lowest BCUT2D eigenvalue weighted by Gasteiger charge is -2.17. The van der Waals surface area contributed by atoms with Gasteiger partial charge in [-0.2, -0.15) is 0 Å². The number of unbranched alkanes of at least 4 members (excludes halogenated alkanes) is 1. The third kappa shape index (κ3) is 11.7. The molecule has 0 spiro atoms. The van der Waals surface area contributed by atoms with Crippen LogP contribution in [0.3, 0.4) is 0 Å². The van der Waals surface area contributed by atoms with Crippen molar-refractivity contribution in [3.8, 4) is 0 Å². The van der Waals surface area contributed by atoms with Gasteiger partial charge in [0.05, 0.1) is 0 Å². The van der Waals surface area contributed by atoms with Gasteiger partial charge in [-0.25, -0.2) is 0 Å². The van der Waals surface area contributed by atoms with Gasteiger partial charge in [-0.05, 0) is 13.8 Å². The van der Waals surface area contributed by atoms with Gasteiger partial charge < -0.3 is 14.3 Å². The molecule has 0 rings (SSSR count). The highest BCUT2D eigenvalue weighted by Crippen LogP contribution is 2.13. The second-order valence-electron chi connectivity index (χ2n) is 3.12. The predicted octanol–water partition coefficient (Wildman–Crippen LogP) is 2.06. The molecule has 16 heavy (non-hydrogen) atoms. The molecule has 1 atom stereocenters. The summed E-state index contributed by atoms with van der Waals surface area (Å²) < 4.78 is 14.4. The normalized spacial score (nSPS) is 11.3. The lowest BCUT2D eigenvalue weighted by atomic mass is 10.4. The zero-order valence-electron chi connectivity index (χ0n) is 10.7. The largest absolute Gasteiger partial charge is 0.341 e. The number of amides is 1. The van der Waals surface area contributed by atoms with Crippen LogP contribution in [0, 0.1) is 0 Å². The van der Waals surface area contributed by atoms with Crippen molar-refractivity contribution in [2.24, 2.45) is 0 Å². The van der Waals surface area contributed by atoms with Gasteiger partial charge in [-0.1, -0.05) is 26.7 Å². The number of carbonyl (C=O) groups excluding carboxylic acids is 1. The Labute approximate surface area is 98.7 Å². The van der Waals surface area contributed by atoms with Crippen molar-refractivity contribution >= 4 is 14.2 Å². The molecule has 0 saturated carbocycles. The van der Waals surface area contributed by atoms with Crippen molar-refractivity contribution in [3.05, 3.63) is 0 Å². The number of carbonyl (C=O) groups is 1. The molecular formula is C10H24NO4P. The number of rotatable bonds is 6. The molecule has 1 amide bonds. The summed E-state index contributed by atoms with van der Waals surface area (Å²) in [5.74, 6) is -0.257. The van der Waals surface area contributed by atoms with E-state index < -0.39 is 8.25 Å². The Morgan fingerprint density at radius 1 is 1.19 bits per heavy atom. The highest BCUT2D eigenvalue weighted by Gasteiger charge is 2.09. The summed E-state index contributed by atoms with van der Waals surface area (Å²) >= 11 is 0. The SMILES string of the molecule is CCCC.CCN(CC)C(=O)CO[PH](=O)O. The molecule has 0 radical (unpaired) electrons.